The lowest BCUT2D eigenvalue weighted by Crippen LogP contribution is -2.27. The first-order valence-corrected chi connectivity index (χ1v) is 9.80. The normalized spacial score (nSPS) is 15.7. The Morgan fingerprint density at radius 3 is 2.62 bits per heavy atom. The zero-order valence-electron chi connectivity index (χ0n) is 13.7. The summed E-state index contributed by atoms with van der Waals surface area (Å²) in [5, 5.41) is 11.2. The van der Waals surface area contributed by atoms with Crippen molar-refractivity contribution in [3.63, 3.8) is 0 Å². The van der Waals surface area contributed by atoms with E-state index in [4.69, 9.17) is 12.2 Å². The zero-order chi connectivity index (χ0) is 18.7. The van der Waals surface area contributed by atoms with E-state index in [1.807, 2.05) is 37.3 Å². The summed E-state index contributed by atoms with van der Waals surface area (Å²) < 4.78 is 0.506. The van der Waals surface area contributed by atoms with Crippen LogP contribution in [-0.4, -0.2) is 26.6 Å². The molecular formula is C18H14N2O3S3. The van der Waals surface area contributed by atoms with Crippen LogP contribution in [0.15, 0.2) is 63.2 Å². The monoisotopic (exact) mass is 402 g/mol. The predicted molar refractivity (Wildman–Crippen MR) is 109 cm³/mol. The first kappa shape index (κ1) is 18.6. The van der Waals surface area contributed by atoms with Gasteiger partial charge in [-0.1, -0.05) is 53.9 Å². The number of thioether (sulfide) groups is 1. The predicted octanol–water partition coefficient (Wildman–Crippen LogP) is 4.97. The van der Waals surface area contributed by atoms with Crippen molar-refractivity contribution < 1.29 is 9.72 Å². The van der Waals surface area contributed by atoms with Gasteiger partial charge in [0, 0.05) is 28.5 Å². The van der Waals surface area contributed by atoms with Crippen LogP contribution < -0.4 is 0 Å². The highest BCUT2D eigenvalue weighted by molar-refractivity contribution is 8.26. The Hall–Kier alpha value is -2.16. The number of rotatable bonds is 5. The van der Waals surface area contributed by atoms with Crippen molar-refractivity contribution >= 4 is 57.7 Å². The SMILES string of the molecule is CCN1C(=O)C(=Cc2cc([N+](=O)[O-])ccc2Sc2ccccc2)SC1=S. The Morgan fingerprint density at radius 2 is 2.00 bits per heavy atom. The van der Waals surface area contributed by atoms with E-state index in [0.29, 0.717) is 21.3 Å². The third-order valence-electron chi connectivity index (χ3n) is 3.65. The number of nitro groups is 1. The maximum atomic E-state index is 12.4. The molecule has 0 bridgehead atoms. The molecule has 0 spiro atoms. The molecule has 5 nitrogen and oxygen atoms in total. The molecule has 3 rings (SSSR count). The average molecular weight is 403 g/mol. The number of non-ortho nitro benzene ring substituents is 1. The van der Waals surface area contributed by atoms with Crippen molar-refractivity contribution in [2.75, 3.05) is 6.54 Å². The van der Waals surface area contributed by atoms with Crippen LogP contribution in [-0.2, 0) is 4.79 Å². The lowest BCUT2D eigenvalue weighted by molar-refractivity contribution is -0.384. The van der Waals surface area contributed by atoms with Gasteiger partial charge in [-0.05, 0) is 36.8 Å². The summed E-state index contributed by atoms with van der Waals surface area (Å²) in [6.45, 7) is 2.36. The van der Waals surface area contributed by atoms with E-state index < -0.39 is 4.92 Å². The summed E-state index contributed by atoms with van der Waals surface area (Å²) in [6.07, 6.45) is 1.69. The van der Waals surface area contributed by atoms with E-state index in [2.05, 4.69) is 0 Å². The number of amides is 1. The molecule has 1 aliphatic rings. The third-order valence-corrected chi connectivity index (χ3v) is 6.13. The van der Waals surface area contributed by atoms with Gasteiger partial charge in [-0.3, -0.25) is 19.8 Å². The summed E-state index contributed by atoms with van der Waals surface area (Å²) in [5.41, 5.74) is 0.615. The average Bonchev–Trinajstić information content (AvgIpc) is 2.90. The highest BCUT2D eigenvalue weighted by Gasteiger charge is 2.31. The number of nitrogens with zero attached hydrogens (tertiary/aromatic N) is 2. The fourth-order valence-electron chi connectivity index (χ4n) is 2.38. The van der Waals surface area contributed by atoms with Crippen LogP contribution in [0.2, 0.25) is 0 Å². The molecule has 1 aliphatic heterocycles. The molecule has 0 saturated carbocycles. The van der Waals surface area contributed by atoms with Crippen LogP contribution in [0, 0.1) is 10.1 Å². The van der Waals surface area contributed by atoms with Gasteiger partial charge in [-0.15, -0.1) is 0 Å². The number of carbonyl (C=O) groups is 1. The minimum Gasteiger partial charge on any atom is -0.293 e. The van der Waals surface area contributed by atoms with Gasteiger partial charge in [0.1, 0.15) is 4.32 Å². The third kappa shape index (κ3) is 3.98. The molecule has 1 fully saturated rings. The Balaban J connectivity index is 2.02. The van der Waals surface area contributed by atoms with Crippen molar-refractivity contribution in [2.24, 2.45) is 0 Å². The van der Waals surface area contributed by atoms with Gasteiger partial charge in [0.05, 0.1) is 9.83 Å². The second kappa shape index (κ2) is 8.03. The highest BCUT2D eigenvalue weighted by atomic mass is 32.2. The molecule has 1 amide bonds. The first-order valence-electron chi connectivity index (χ1n) is 7.76. The highest BCUT2D eigenvalue weighted by Crippen LogP contribution is 2.37. The largest absolute Gasteiger partial charge is 0.293 e. The summed E-state index contributed by atoms with van der Waals surface area (Å²) in [7, 11) is 0. The molecule has 0 unspecified atom stereocenters. The van der Waals surface area contributed by atoms with E-state index in [1.54, 1.807) is 12.1 Å². The van der Waals surface area contributed by atoms with E-state index in [0.717, 1.165) is 9.79 Å². The van der Waals surface area contributed by atoms with Crippen LogP contribution in [0.1, 0.15) is 12.5 Å². The lowest BCUT2D eigenvalue weighted by atomic mass is 10.2. The molecule has 0 N–H and O–H groups in total. The van der Waals surface area contributed by atoms with E-state index >= 15 is 0 Å². The van der Waals surface area contributed by atoms with Crippen LogP contribution in [0.25, 0.3) is 6.08 Å². The van der Waals surface area contributed by atoms with E-state index in [-0.39, 0.29) is 11.6 Å². The molecule has 1 saturated heterocycles. The summed E-state index contributed by atoms with van der Waals surface area (Å²) in [6, 6.07) is 14.4. The van der Waals surface area contributed by atoms with E-state index in [9.17, 15) is 14.9 Å². The van der Waals surface area contributed by atoms with Crippen molar-refractivity contribution in [2.45, 2.75) is 16.7 Å². The molecular weight excluding hydrogens is 388 g/mol. The zero-order valence-corrected chi connectivity index (χ0v) is 16.2. The fraction of sp³-hybridized carbons (Fsp3) is 0.111. The Bertz CT molecular complexity index is 913. The summed E-state index contributed by atoms with van der Waals surface area (Å²) in [4.78, 5) is 27.0. The van der Waals surface area contributed by atoms with Crippen molar-refractivity contribution in [3.8, 4) is 0 Å². The van der Waals surface area contributed by atoms with Gasteiger partial charge in [-0.2, -0.15) is 0 Å². The van der Waals surface area contributed by atoms with E-state index in [1.165, 1.54) is 40.6 Å². The maximum Gasteiger partial charge on any atom is 0.270 e. The van der Waals surface area contributed by atoms with Crippen molar-refractivity contribution in [1.29, 1.82) is 0 Å². The van der Waals surface area contributed by atoms with Crippen LogP contribution in [0.5, 0.6) is 0 Å². The smallest absolute Gasteiger partial charge is 0.270 e. The van der Waals surface area contributed by atoms with Gasteiger partial charge in [-0.25, -0.2) is 0 Å². The molecule has 2 aromatic rings. The maximum absolute atomic E-state index is 12.4. The first-order chi connectivity index (χ1) is 12.5. The molecule has 26 heavy (non-hydrogen) atoms. The van der Waals surface area contributed by atoms with Gasteiger partial charge in [0.15, 0.2) is 0 Å². The lowest BCUT2D eigenvalue weighted by Gasteiger charge is -2.10. The number of thiocarbonyl (C=S) groups is 1. The van der Waals surface area contributed by atoms with Gasteiger partial charge in [0.2, 0.25) is 0 Å². The topological polar surface area (TPSA) is 63.5 Å². The standard InChI is InChI=1S/C18H14N2O3S3/c1-2-19-17(21)16(26-18(19)24)11-12-10-13(20(22)23)8-9-15(12)25-14-6-4-3-5-7-14/h3-11H,2H2,1H3. The molecule has 1 heterocycles. The molecule has 0 atom stereocenters. The molecule has 0 aromatic heterocycles. The fourth-order valence-corrected chi connectivity index (χ4v) is 4.68. The summed E-state index contributed by atoms with van der Waals surface area (Å²) in [5.74, 6) is -0.162. The number of nitro benzene ring substituents is 1. The molecule has 132 valence electrons. The molecule has 8 heteroatoms. The Morgan fingerprint density at radius 1 is 1.27 bits per heavy atom. The van der Waals surface area contributed by atoms with Gasteiger partial charge in [0.25, 0.3) is 11.6 Å². The van der Waals surface area contributed by atoms with Crippen LogP contribution in [0.3, 0.4) is 0 Å². The quantitative estimate of drug-likeness (QED) is 0.305. The second-order valence-corrected chi connectivity index (χ2v) is 8.11. The van der Waals surface area contributed by atoms with Crippen LogP contribution in [0.4, 0.5) is 5.69 Å². The second-order valence-electron chi connectivity index (χ2n) is 5.32. The minimum atomic E-state index is -0.439. The summed E-state index contributed by atoms with van der Waals surface area (Å²) >= 11 is 7.94. The molecule has 0 aliphatic carbocycles. The number of carbonyl (C=O) groups excluding carboxylic acids is 1. The Kier molecular flexibility index (Phi) is 5.75. The van der Waals surface area contributed by atoms with Crippen molar-refractivity contribution in [3.05, 3.63) is 69.1 Å². The Labute approximate surface area is 164 Å². The number of benzene rings is 2. The number of likely N-dealkylation sites (N-methyl/N-ethyl adjacent to an activating group) is 1. The number of hydrogen-bond acceptors (Lipinski definition) is 6. The minimum absolute atomic E-state index is 0.0142. The molecule has 2 aromatic carbocycles. The van der Waals surface area contributed by atoms with Crippen molar-refractivity contribution in [1.82, 2.24) is 4.90 Å². The van der Waals surface area contributed by atoms with Crippen LogP contribution >= 0.6 is 35.7 Å². The number of hydrogen-bond donors (Lipinski definition) is 0. The molecule has 0 radical (unpaired) electrons. The van der Waals surface area contributed by atoms with Gasteiger partial charge >= 0.3 is 0 Å². The van der Waals surface area contributed by atoms with Gasteiger partial charge < -0.3 is 0 Å².